The average Bonchev–Trinajstić information content (AvgIpc) is 2.46. The van der Waals surface area contributed by atoms with Crippen LogP contribution >= 0.6 is 0 Å². The van der Waals surface area contributed by atoms with Gasteiger partial charge in [0, 0.05) is 13.0 Å². The van der Waals surface area contributed by atoms with Crippen molar-refractivity contribution in [2.45, 2.75) is 57.7 Å². The third kappa shape index (κ3) is 3.61. The SMILES string of the molecule is CCOC1(C(O)Cc2cccc(F)c2F)CCC(C)CC1. The van der Waals surface area contributed by atoms with E-state index in [4.69, 9.17) is 4.74 Å². The Kier molecular flexibility index (Phi) is 5.33. The predicted octanol–water partition coefficient (Wildman–Crippen LogP) is 3.85. The van der Waals surface area contributed by atoms with Crippen molar-refractivity contribution in [1.29, 1.82) is 0 Å². The lowest BCUT2D eigenvalue weighted by Crippen LogP contribution is -2.48. The second-order valence-corrected chi connectivity index (χ2v) is 6.11. The molecule has 1 aliphatic rings. The van der Waals surface area contributed by atoms with Crippen LogP contribution in [0.2, 0.25) is 0 Å². The zero-order valence-corrected chi connectivity index (χ0v) is 12.7. The molecule has 21 heavy (non-hydrogen) atoms. The Morgan fingerprint density at radius 2 is 2.00 bits per heavy atom. The molecule has 0 radical (unpaired) electrons. The van der Waals surface area contributed by atoms with Crippen LogP contribution < -0.4 is 0 Å². The van der Waals surface area contributed by atoms with Gasteiger partial charge in [-0.1, -0.05) is 19.1 Å². The van der Waals surface area contributed by atoms with Crippen molar-refractivity contribution in [1.82, 2.24) is 0 Å². The molecule has 2 rings (SSSR count). The first-order valence-corrected chi connectivity index (χ1v) is 7.73. The summed E-state index contributed by atoms with van der Waals surface area (Å²) in [5, 5.41) is 10.6. The highest BCUT2D eigenvalue weighted by Crippen LogP contribution is 2.38. The first-order valence-electron chi connectivity index (χ1n) is 7.73. The molecular weight excluding hydrogens is 274 g/mol. The number of hydrogen-bond acceptors (Lipinski definition) is 2. The van der Waals surface area contributed by atoms with Gasteiger partial charge in [-0.3, -0.25) is 0 Å². The van der Waals surface area contributed by atoms with Crippen molar-refractivity contribution in [3.63, 3.8) is 0 Å². The number of aliphatic hydroxyl groups is 1. The Morgan fingerprint density at radius 3 is 2.62 bits per heavy atom. The van der Waals surface area contributed by atoms with Gasteiger partial charge in [-0.2, -0.15) is 0 Å². The molecule has 1 fully saturated rings. The van der Waals surface area contributed by atoms with Crippen molar-refractivity contribution in [2.75, 3.05) is 6.61 Å². The van der Waals surface area contributed by atoms with E-state index in [2.05, 4.69) is 6.92 Å². The lowest BCUT2D eigenvalue weighted by Gasteiger charge is -2.42. The molecule has 1 N–H and O–H groups in total. The Hall–Kier alpha value is -1.00. The van der Waals surface area contributed by atoms with Crippen LogP contribution in [-0.4, -0.2) is 23.4 Å². The molecule has 1 aromatic carbocycles. The van der Waals surface area contributed by atoms with E-state index >= 15 is 0 Å². The van der Waals surface area contributed by atoms with E-state index in [-0.39, 0.29) is 12.0 Å². The minimum Gasteiger partial charge on any atom is -0.390 e. The molecule has 0 bridgehead atoms. The molecule has 1 aliphatic carbocycles. The number of aliphatic hydroxyl groups excluding tert-OH is 1. The summed E-state index contributed by atoms with van der Waals surface area (Å²) >= 11 is 0. The number of ether oxygens (including phenoxy) is 1. The Morgan fingerprint density at radius 1 is 1.33 bits per heavy atom. The maximum absolute atomic E-state index is 13.8. The summed E-state index contributed by atoms with van der Waals surface area (Å²) in [5.74, 6) is -1.12. The van der Waals surface area contributed by atoms with E-state index < -0.39 is 23.3 Å². The monoisotopic (exact) mass is 298 g/mol. The standard InChI is InChI=1S/C17H24F2O2/c1-3-21-17(9-7-12(2)8-10-17)15(20)11-13-5-4-6-14(18)16(13)19/h4-6,12,15,20H,3,7-11H2,1-2H3. The highest BCUT2D eigenvalue weighted by Gasteiger charge is 2.41. The van der Waals surface area contributed by atoms with Crippen LogP contribution in [0.4, 0.5) is 8.78 Å². The Balaban J connectivity index is 2.15. The molecule has 2 nitrogen and oxygen atoms in total. The summed E-state index contributed by atoms with van der Waals surface area (Å²) in [5.41, 5.74) is -0.416. The number of hydrogen-bond donors (Lipinski definition) is 1. The van der Waals surface area contributed by atoms with Crippen molar-refractivity contribution >= 4 is 0 Å². The van der Waals surface area contributed by atoms with Crippen molar-refractivity contribution < 1.29 is 18.6 Å². The fourth-order valence-electron chi connectivity index (χ4n) is 3.21. The normalized spacial score (nSPS) is 27.6. The molecule has 1 atom stereocenters. The molecule has 0 aromatic heterocycles. The highest BCUT2D eigenvalue weighted by molar-refractivity contribution is 5.20. The molecule has 4 heteroatoms. The van der Waals surface area contributed by atoms with Gasteiger partial charge in [0.25, 0.3) is 0 Å². The highest BCUT2D eigenvalue weighted by atomic mass is 19.2. The van der Waals surface area contributed by atoms with Crippen molar-refractivity contribution in [3.05, 3.63) is 35.4 Å². The van der Waals surface area contributed by atoms with Crippen LogP contribution in [0, 0.1) is 17.6 Å². The fourth-order valence-corrected chi connectivity index (χ4v) is 3.21. The summed E-state index contributed by atoms with van der Waals surface area (Å²) in [6.07, 6.45) is 2.77. The Labute approximate surface area is 125 Å². The van der Waals surface area contributed by atoms with Crippen LogP contribution in [0.15, 0.2) is 18.2 Å². The predicted molar refractivity (Wildman–Crippen MR) is 78.1 cm³/mol. The molecule has 1 saturated carbocycles. The second-order valence-electron chi connectivity index (χ2n) is 6.11. The number of benzene rings is 1. The maximum Gasteiger partial charge on any atom is 0.162 e. The smallest absolute Gasteiger partial charge is 0.162 e. The van der Waals surface area contributed by atoms with Gasteiger partial charge in [0.1, 0.15) is 0 Å². The van der Waals surface area contributed by atoms with Gasteiger partial charge in [-0.05, 0) is 50.2 Å². The first-order chi connectivity index (χ1) is 9.98. The molecule has 118 valence electrons. The molecule has 0 saturated heterocycles. The third-order valence-electron chi connectivity index (χ3n) is 4.60. The first kappa shape index (κ1) is 16.4. The summed E-state index contributed by atoms with van der Waals surface area (Å²) in [6.45, 7) is 4.60. The summed E-state index contributed by atoms with van der Waals surface area (Å²) in [6, 6.07) is 4.08. The topological polar surface area (TPSA) is 29.5 Å². The van der Waals surface area contributed by atoms with Crippen LogP contribution in [0.5, 0.6) is 0 Å². The minimum atomic E-state index is -0.873. The zero-order chi connectivity index (χ0) is 15.5. The van der Waals surface area contributed by atoms with Gasteiger partial charge < -0.3 is 9.84 Å². The van der Waals surface area contributed by atoms with Gasteiger partial charge in [0.05, 0.1) is 11.7 Å². The van der Waals surface area contributed by atoms with Gasteiger partial charge in [0.15, 0.2) is 11.6 Å². The van der Waals surface area contributed by atoms with Gasteiger partial charge >= 0.3 is 0 Å². The molecule has 0 amide bonds. The quantitative estimate of drug-likeness (QED) is 0.894. The second kappa shape index (κ2) is 6.84. The molecule has 1 aromatic rings. The largest absolute Gasteiger partial charge is 0.390 e. The summed E-state index contributed by atoms with van der Waals surface area (Å²) < 4.78 is 32.9. The van der Waals surface area contributed by atoms with Crippen LogP contribution in [-0.2, 0) is 11.2 Å². The van der Waals surface area contributed by atoms with Crippen LogP contribution in [0.3, 0.4) is 0 Å². The van der Waals surface area contributed by atoms with E-state index in [9.17, 15) is 13.9 Å². The lowest BCUT2D eigenvalue weighted by atomic mass is 9.75. The van der Waals surface area contributed by atoms with Gasteiger partial charge in [-0.25, -0.2) is 8.78 Å². The summed E-state index contributed by atoms with van der Waals surface area (Å²) in [4.78, 5) is 0. The van der Waals surface area contributed by atoms with Crippen LogP contribution in [0.25, 0.3) is 0 Å². The van der Waals surface area contributed by atoms with Crippen LogP contribution in [0.1, 0.15) is 45.1 Å². The van der Waals surface area contributed by atoms with E-state index in [0.29, 0.717) is 12.5 Å². The molecule has 1 unspecified atom stereocenters. The number of halogens is 2. The van der Waals surface area contributed by atoms with Gasteiger partial charge in [-0.15, -0.1) is 0 Å². The van der Waals surface area contributed by atoms with E-state index in [1.165, 1.54) is 12.1 Å². The lowest BCUT2D eigenvalue weighted by molar-refractivity contribution is -0.143. The van der Waals surface area contributed by atoms with E-state index in [1.54, 1.807) is 0 Å². The van der Waals surface area contributed by atoms with Crippen molar-refractivity contribution in [3.8, 4) is 0 Å². The summed E-state index contributed by atoms with van der Waals surface area (Å²) in [7, 11) is 0. The molecule has 0 aliphatic heterocycles. The molecule has 0 heterocycles. The van der Waals surface area contributed by atoms with E-state index in [1.807, 2.05) is 6.92 Å². The number of rotatable bonds is 5. The minimum absolute atomic E-state index is 0.0813. The fraction of sp³-hybridized carbons (Fsp3) is 0.647. The molecule has 0 spiro atoms. The van der Waals surface area contributed by atoms with Gasteiger partial charge in [0.2, 0.25) is 0 Å². The zero-order valence-electron chi connectivity index (χ0n) is 12.7. The third-order valence-corrected chi connectivity index (χ3v) is 4.60. The van der Waals surface area contributed by atoms with E-state index in [0.717, 1.165) is 31.7 Å². The van der Waals surface area contributed by atoms with Crippen molar-refractivity contribution in [2.24, 2.45) is 5.92 Å². The average molecular weight is 298 g/mol. The maximum atomic E-state index is 13.8. The molecular formula is C17H24F2O2. The Bertz CT molecular complexity index is 468.